The first-order chi connectivity index (χ1) is 10.0. The fraction of sp³-hybridized carbons (Fsp3) is 0.533. The zero-order valence-corrected chi connectivity index (χ0v) is 12.5. The Kier molecular flexibility index (Phi) is 4.90. The summed E-state index contributed by atoms with van der Waals surface area (Å²) in [5.74, 6) is 1.41. The van der Waals surface area contributed by atoms with E-state index in [2.05, 4.69) is 5.32 Å². The number of hydrogen-bond donors (Lipinski definition) is 2. The van der Waals surface area contributed by atoms with Gasteiger partial charge in [-0.3, -0.25) is 4.79 Å². The van der Waals surface area contributed by atoms with Gasteiger partial charge >= 0.3 is 5.97 Å². The van der Waals surface area contributed by atoms with Crippen LogP contribution in [0.3, 0.4) is 0 Å². The van der Waals surface area contributed by atoms with E-state index in [4.69, 9.17) is 14.2 Å². The quantitative estimate of drug-likeness (QED) is 0.801. The Bertz CT molecular complexity index is 515. The normalized spacial score (nSPS) is 14.3. The number of nitrogens with one attached hydrogen (secondary N) is 1. The minimum absolute atomic E-state index is 0.195. The van der Waals surface area contributed by atoms with Crippen LogP contribution in [0.15, 0.2) is 12.1 Å². The van der Waals surface area contributed by atoms with Crippen molar-refractivity contribution in [3.05, 3.63) is 17.7 Å². The monoisotopic (exact) mass is 295 g/mol. The Labute approximate surface area is 124 Å². The van der Waals surface area contributed by atoms with E-state index in [9.17, 15) is 9.90 Å². The predicted molar refractivity (Wildman–Crippen MR) is 76.8 cm³/mol. The lowest BCUT2D eigenvalue weighted by Gasteiger charge is -2.17. The Morgan fingerprint density at radius 3 is 2.62 bits per heavy atom. The highest BCUT2D eigenvalue weighted by Gasteiger charge is 2.21. The summed E-state index contributed by atoms with van der Waals surface area (Å²) in [5, 5.41) is 12.3. The van der Waals surface area contributed by atoms with Crippen molar-refractivity contribution in [3.63, 3.8) is 0 Å². The minimum atomic E-state index is -0.844. The largest absolute Gasteiger partial charge is 0.496 e. The van der Waals surface area contributed by atoms with Gasteiger partial charge in [0.15, 0.2) is 11.5 Å². The molecule has 1 atom stereocenters. The van der Waals surface area contributed by atoms with Gasteiger partial charge in [0.2, 0.25) is 6.79 Å². The predicted octanol–water partition coefficient (Wildman–Crippen LogP) is 2.01. The molecule has 0 fully saturated rings. The molecule has 0 saturated carbocycles. The van der Waals surface area contributed by atoms with Crippen LogP contribution in [-0.2, 0) is 11.3 Å². The van der Waals surface area contributed by atoms with Gasteiger partial charge in [-0.05, 0) is 18.4 Å². The summed E-state index contributed by atoms with van der Waals surface area (Å²) in [7, 11) is 1.57. The first-order valence-corrected chi connectivity index (χ1v) is 6.94. The second kappa shape index (κ2) is 6.67. The van der Waals surface area contributed by atoms with E-state index >= 15 is 0 Å². The summed E-state index contributed by atoms with van der Waals surface area (Å²) >= 11 is 0. The van der Waals surface area contributed by atoms with Crippen molar-refractivity contribution in [3.8, 4) is 17.2 Å². The SMILES string of the molecule is COc1cc2c(cc1CN[C@H](CC(C)C)C(=O)O)OCO2. The summed E-state index contributed by atoms with van der Waals surface area (Å²) < 4.78 is 16.0. The number of benzene rings is 1. The highest BCUT2D eigenvalue weighted by Crippen LogP contribution is 2.38. The van der Waals surface area contributed by atoms with E-state index in [-0.39, 0.29) is 6.79 Å². The molecule has 1 aromatic carbocycles. The van der Waals surface area contributed by atoms with E-state index in [0.29, 0.717) is 36.1 Å². The Morgan fingerprint density at radius 2 is 2.05 bits per heavy atom. The fourth-order valence-corrected chi connectivity index (χ4v) is 2.27. The maximum atomic E-state index is 11.3. The molecule has 0 saturated heterocycles. The third kappa shape index (κ3) is 3.78. The Hall–Kier alpha value is -1.95. The molecule has 0 spiro atoms. The maximum absolute atomic E-state index is 11.3. The number of carboxylic acid groups (broad SMARTS) is 1. The molecule has 116 valence electrons. The molecule has 6 heteroatoms. The second-order valence-corrected chi connectivity index (χ2v) is 5.42. The van der Waals surface area contributed by atoms with Crippen LogP contribution in [0, 0.1) is 5.92 Å². The van der Waals surface area contributed by atoms with Crippen LogP contribution in [0.4, 0.5) is 0 Å². The summed E-state index contributed by atoms with van der Waals surface area (Å²) in [6.45, 7) is 4.58. The van der Waals surface area contributed by atoms with Gasteiger partial charge in [-0.2, -0.15) is 0 Å². The number of rotatable bonds is 7. The molecule has 0 aliphatic carbocycles. The van der Waals surface area contributed by atoms with Crippen LogP contribution < -0.4 is 19.5 Å². The van der Waals surface area contributed by atoms with Crippen molar-refractivity contribution >= 4 is 5.97 Å². The number of carbonyl (C=O) groups is 1. The molecule has 0 aromatic heterocycles. The summed E-state index contributed by atoms with van der Waals surface area (Å²) in [6.07, 6.45) is 0.572. The van der Waals surface area contributed by atoms with Crippen molar-refractivity contribution in [2.24, 2.45) is 5.92 Å². The van der Waals surface area contributed by atoms with Gasteiger partial charge < -0.3 is 24.6 Å². The van der Waals surface area contributed by atoms with Crippen LogP contribution in [-0.4, -0.2) is 31.0 Å². The van der Waals surface area contributed by atoms with E-state index in [0.717, 1.165) is 5.56 Å². The fourth-order valence-electron chi connectivity index (χ4n) is 2.27. The molecule has 2 N–H and O–H groups in total. The lowest BCUT2D eigenvalue weighted by Crippen LogP contribution is -2.37. The Morgan fingerprint density at radius 1 is 1.38 bits per heavy atom. The van der Waals surface area contributed by atoms with E-state index in [1.54, 1.807) is 13.2 Å². The minimum Gasteiger partial charge on any atom is -0.496 e. The van der Waals surface area contributed by atoms with Gasteiger partial charge in [-0.15, -0.1) is 0 Å². The average molecular weight is 295 g/mol. The Balaban J connectivity index is 2.09. The van der Waals surface area contributed by atoms with Crippen molar-refractivity contribution < 1.29 is 24.1 Å². The van der Waals surface area contributed by atoms with Gasteiger partial charge in [0, 0.05) is 18.2 Å². The zero-order chi connectivity index (χ0) is 15.4. The lowest BCUT2D eigenvalue weighted by molar-refractivity contribution is -0.140. The topological polar surface area (TPSA) is 77.0 Å². The molecule has 1 aliphatic rings. The summed E-state index contributed by atoms with van der Waals surface area (Å²) in [6, 6.07) is 3.00. The number of aliphatic carboxylic acids is 1. The van der Waals surface area contributed by atoms with Crippen LogP contribution in [0.5, 0.6) is 17.2 Å². The van der Waals surface area contributed by atoms with Gasteiger partial charge in [0.25, 0.3) is 0 Å². The third-order valence-electron chi connectivity index (χ3n) is 3.32. The summed E-state index contributed by atoms with van der Waals surface area (Å²) in [5.41, 5.74) is 0.844. The summed E-state index contributed by atoms with van der Waals surface area (Å²) in [4.78, 5) is 11.3. The number of methoxy groups -OCH3 is 1. The van der Waals surface area contributed by atoms with Gasteiger partial charge in [0.05, 0.1) is 7.11 Å². The molecular weight excluding hydrogens is 274 g/mol. The molecule has 1 aromatic rings. The molecule has 0 unspecified atom stereocenters. The van der Waals surface area contributed by atoms with Crippen molar-refractivity contribution in [2.75, 3.05) is 13.9 Å². The molecule has 2 rings (SSSR count). The van der Waals surface area contributed by atoms with Crippen molar-refractivity contribution in [2.45, 2.75) is 32.9 Å². The first kappa shape index (κ1) is 15.4. The van der Waals surface area contributed by atoms with E-state index in [1.807, 2.05) is 19.9 Å². The molecule has 0 amide bonds. The smallest absolute Gasteiger partial charge is 0.320 e. The van der Waals surface area contributed by atoms with Crippen LogP contribution in [0.1, 0.15) is 25.8 Å². The van der Waals surface area contributed by atoms with E-state index in [1.165, 1.54) is 0 Å². The second-order valence-electron chi connectivity index (χ2n) is 5.42. The molecule has 1 heterocycles. The number of hydrogen-bond acceptors (Lipinski definition) is 5. The molecule has 6 nitrogen and oxygen atoms in total. The first-order valence-electron chi connectivity index (χ1n) is 6.94. The standard InChI is InChI=1S/C15H21NO5/c1-9(2)4-11(15(17)18)16-7-10-5-13-14(21-8-20-13)6-12(10)19-3/h5-6,9,11,16H,4,7-8H2,1-3H3,(H,17,18)/t11-/m1/s1. The van der Waals surface area contributed by atoms with Crippen LogP contribution in [0.2, 0.25) is 0 Å². The van der Waals surface area contributed by atoms with Crippen molar-refractivity contribution in [1.82, 2.24) is 5.32 Å². The number of carboxylic acids is 1. The van der Waals surface area contributed by atoms with Crippen LogP contribution >= 0.6 is 0 Å². The molecule has 0 bridgehead atoms. The third-order valence-corrected chi connectivity index (χ3v) is 3.32. The number of fused-ring (bicyclic) bond motifs is 1. The average Bonchev–Trinajstić information content (AvgIpc) is 2.88. The highest BCUT2D eigenvalue weighted by molar-refractivity contribution is 5.73. The van der Waals surface area contributed by atoms with Crippen molar-refractivity contribution in [1.29, 1.82) is 0 Å². The zero-order valence-electron chi connectivity index (χ0n) is 12.5. The molecule has 1 aliphatic heterocycles. The van der Waals surface area contributed by atoms with Crippen LogP contribution in [0.25, 0.3) is 0 Å². The van der Waals surface area contributed by atoms with Gasteiger partial charge in [0.1, 0.15) is 11.8 Å². The molecule has 21 heavy (non-hydrogen) atoms. The van der Waals surface area contributed by atoms with Gasteiger partial charge in [-0.1, -0.05) is 13.8 Å². The van der Waals surface area contributed by atoms with Gasteiger partial charge in [-0.25, -0.2) is 0 Å². The molecule has 0 radical (unpaired) electrons. The number of ether oxygens (including phenoxy) is 3. The highest BCUT2D eigenvalue weighted by atomic mass is 16.7. The van der Waals surface area contributed by atoms with E-state index < -0.39 is 12.0 Å². The maximum Gasteiger partial charge on any atom is 0.320 e. The lowest BCUT2D eigenvalue weighted by atomic mass is 10.0. The molecular formula is C15H21NO5.